The van der Waals surface area contributed by atoms with E-state index in [0.717, 1.165) is 34.5 Å². The Morgan fingerprint density at radius 3 is 2.48 bits per heavy atom. The van der Waals surface area contributed by atoms with Crippen molar-refractivity contribution in [2.24, 2.45) is 0 Å². The summed E-state index contributed by atoms with van der Waals surface area (Å²) in [5, 5.41) is 4.90. The molecule has 0 radical (unpaired) electrons. The summed E-state index contributed by atoms with van der Waals surface area (Å²) >= 11 is 7.27. The van der Waals surface area contributed by atoms with Crippen LogP contribution in [-0.2, 0) is 13.0 Å². The lowest BCUT2D eigenvalue weighted by molar-refractivity contribution is 1.03. The van der Waals surface area contributed by atoms with Gasteiger partial charge in [-0.15, -0.1) is 0 Å². The van der Waals surface area contributed by atoms with Crippen molar-refractivity contribution in [1.29, 1.82) is 0 Å². The van der Waals surface area contributed by atoms with E-state index in [-0.39, 0.29) is 0 Å². The van der Waals surface area contributed by atoms with Crippen molar-refractivity contribution in [3.8, 4) is 0 Å². The van der Waals surface area contributed by atoms with Crippen LogP contribution in [0.3, 0.4) is 0 Å². The first-order chi connectivity index (χ1) is 10.3. The number of nitrogens with one attached hydrogen (secondary N) is 1. The van der Waals surface area contributed by atoms with E-state index >= 15 is 0 Å². The van der Waals surface area contributed by atoms with Gasteiger partial charge in [0.05, 0.1) is 0 Å². The van der Waals surface area contributed by atoms with E-state index in [0.29, 0.717) is 0 Å². The molecule has 1 heterocycles. The van der Waals surface area contributed by atoms with Crippen LogP contribution < -0.4 is 5.32 Å². The quantitative estimate of drug-likeness (QED) is 0.758. The van der Waals surface area contributed by atoms with Crippen molar-refractivity contribution in [1.82, 2.24) is 9.36 Å². The molecular weight excluding hydrogens is 302 g/mol. The average molecular weight is 316 g/mol. The number of hydrogen-bond donors (Lipinski definition) is 1. The number of aromatic nitrogens is 2. The average Bonchev–Trinajstić information content (AvgIpc) is 2.96. The fraction of sp³-hybridized carbons (Fsp3) is 0.125. The SMILES string of the molecule is Clc1ccc(Cc2nsc(NCc3ccccc3)n2)cc1. The summed E-state index contributed by atoms with van der Waals surface area (Å²) in [6.07, 6.45) is 0.723. The van der Waals surface area contributed by atoms with Gasteiger partial charge in [-0.2, -0.15) is 4.37 Å². The highest BCUT2D eigenvalue weighted by Gasteiger charge is 2.05. The highest BCUT2D eigenvalue weighted by atomic mass is 35.5. The Bertz CT molecular complexity index is 695. The monoisotopic (exact) mass is 315 g/mol. The van der Waals surface area contributed by atoms with Crippen LogP contribution in [-0.4, -0.2) is 9.36 Å². The first-order valence-electron chi connectivity index (χ1n) is 6.64. The predicted octanol–water partition coefficient (Wildman–Crippen LogP) is 4.39. The van der Waals surface area contributed by atoms with E-state index in [1.807, 2.05) is 42.5 Å². The lowest BCUT2D eigenvalue weighted by Gasteiger charge is -2.01. The van der Waals surface area contributed by atoms with Gasteiger partial charge in [-0.25, -0.2) is 4.98 Å². The molecule has 0 bridgehead atoms. The van der Waals surface area contributed by atoms with Gasteiger partial charge in [-0.05, 0) is 23.3 Å². The van der Waals surface area contributed by atoms with Crippen LogP contribution in [0.25, 0.3) is 0 Å². The largest absolute Gasteiger partial charge is 0.356 e. The Balaban J connectivity index is 1.59. The molecule has 2 aromatic carbocycles. The standard InChI is InChI=1S/C16H14ClN3S/c17-14-8-6-12(7-9-14)10-15-19-16(21-20-15)18-11-13-4-2-1-3-5-13/h1-9H,10-11H2,(H,18,19,20). The van der Waals surface area contributed by atoms with Gasteiger partial charge in [0, 0.05) is 29.5 Å². The van der Waals surface area contributed by atoms with Gasteiger partial charge in [0.25, 0.3) is 0 Å². The van der Waals surface area contributed by atoms with E-state index in [1.54, 1.807) is 0 Å². The molecule has 0 amide bonds. The smallest absolute Gasteiger partial charge is 0.202 e. The maximum absolute atomic E-state index is 5.88. The van der Waals surface area contributed by atoms with Crippen molar-refractivity contribution in [2.75, 3.05) is 5.32 Å². The minimum Gasteiger partial charge on any atom is -0.356 e. The molecule has 3 nitrogen and oxygen atoms in total. The molecule has 106 valence electrons. The summed E-state index contributed by atoms with van der Waals surface area (Å²) in [5.74, 6) is 0.831. The molecular formula is C16H14ClN3S. The van der Waals surface area contributed by atoms with Crippen LogP contribution in [0.4, 0.5) is 5.13 Å². The highest BCUT2D eigenvalue weighted by molar-refractivity contribution is 7.09. The third-order valence-electron chi connectivity index (χ3n) is 3.03. The Labute approximate surface area is 132 Å². The predicted molar refractivity (Wildman–Crippen MR) is 87.9 cm³/mol. The van der Waals surface area contributed by atoms with Crippen LogP contribution in [0.1, 0.15) is 17.0 Å². The number of benzene rings is 2. The number of nitrogens with zero attached hydrogens (tertiary/aromatic N) is 2. The van der Waals surface area contributed by atoms with Gasteiger partial charge >= 0.3 is 0 Å². The fourth-order valence-corrected chi connectivity index (χ4v) is 2.66. The van der Waals surface area contributed by atoms with Gasteiger partial charge in [0.15, 0.2) is 0 Å². The van der Waals surface area contributed by atoms with E-state index in [2.05, 4.69) is 26.8 Å². The van der Waals surface area contributed by atoms with Gasteiger partial charge in [-0.1, -0.05) is 54.1 Å². The number of anilines is 1. The van der Waals surface area contributed by atoms with Crippen LogP contribution in [0.5, 0.6) is 0 Å². The second-order valence-electron chi connectivity index (χ2n) is 4.66. The fourth-order valence-electron chi connectivity index (χ4n) is 1.96. The molecule has 0 saturated heterocycles. The first-order valence-corrected chi connectivity index (χ1v) is 7.79. The minimum atomic E-state index is 0.723. The van der Waals surface area contributed by atoms with Crippen LogP contribution in [0.15, 0.2) is 54.6 Å². The molecule has 0 aliphatic carbocycles. The summed E-state index contributed by atoms with van der Waals surface area (Å²) < 4.78 is 4.38. The second kappa shape index (κ2) is 6.70. The van der Waals surface area contributed by atoms with Crippen LogP contribution >= 0.6 is 23.1 Å². The molecule has 0 aliphatic rings. The summed E-state index contributed by atoms with van der Waals surface area (Å²) in [6, 6.07) is 18.0. The van der Waals surface area contributed by atoms with Crippen molar-refractivity contribution in [3.63, 3.8) is 0 Å². The van der Waals surface area contributed by atoms with Gasteiger partial charge in [-0.3, -0.25) is 0 Å². The Hall–Kier alpha value is -1.91. The molecule has 5 heteroatoms. The van der Waals surface area contributed by atoms with Gasteiger partial charge in [0.1, 0.15) is 5.82 Å². The number of hydrogen-bond acceptors (Lipinski definition) is 4. The van der Waals surface area contributed by atoms with Crippen LogP contribution in [0.2, 0.25) is 5.02 Å². The molecule has 0 unspecified atom stereocenters. The maximum Gasteiger partial charge on any atom is 0.202 e. The zero-order valence-corrected chi connectivity index (χ0v) is 12.9. The zero-order valence-electron chi connectivity index (χ0n) is 11.3. The Morgan fingerprint density at radius 2 is 1.71 bits per heavy atom. The minimum absolute atomic E-state index is 0.723. The molecule has 0 atom stereocenters. The van der Waals surface area contributed by atoms with Gasteiger partial charge < -0.3 is 5.32 Å². The van der Waals surface area contributed by atoms with Crippen molar-refractivity contribution < 1.29 is 0 Å². The zero-order chi connectivity index (χ0) is 14.5. The molecule has 3 rings (SSSR count). The van der Waals surface area contributed by atoms with Crippen molar-refractivity contribution >= 4 is 28.3 Å². The lowest BCUT2D eigenvalue weighted by atomic mass is 10.1. The Kier molecular flexibility index (Phi) is 4.48. The molecule has 3 aromatic rings. The summed E-state index contributed by atoms with van der Waals surface area (Å²) in [6.45, 7) is 0.760. The van der Waals surface area contributed by atoms with Crippen molar-refractivity contribution in [2.45, 2.75) is 13.0 Å². The van der Waals surface area contributed by atoms with Gasteiger partial charge in [0.2, 0.25) is 5.13 Å². The molecule has 1 N–H and O–H groups in total. The van der Waals surface area contributed by atoms with E-state index < -0.39 is 0 Å². The summed E-state index contributed by atoms with van der Waals surface area (Å²) in [7, 11) is 0. The number of rotatable bonds is 5. The topological polar surface area (TPSA) is 37.8 Å². The molecule has 0 spiro atoms. The normalized spacial score (nSPS) is 10.5. The van der Waals surface area contributed by atoms with E-state index in [4.69, 9.17) is 11.6 Å². The summed E-state index contributed by atoms with van der Waals surface area (Å²) in [4.78, 5) is 4.51. The molecule has 1 aromatic heterocycles. The third-order valence-corrected chi connectivity index (χ3v) is 3.99. The molecule has 21 heavy (non-hydrogen) atoms. The molecule has 0 aliphatic heterocycles. The molecule has 0 fully saturated rings. The highest BCUT2D eigenvalue weighted by Crippen LogP contribution is 2.16. The number of halogens is 1. The van der Waals surface area contributed by atoms with E-state index in [1.165, 1.54) is 17.1 Å². The summed E-state index contributed by atoms with van der Waals surface area (Å²) in [5.41, 5.74) is 2.39. The maximum atomic E-state index is 5.88. The third kappa shape index (κ3) is 4.03. The molecule has 0 saturated carbocycles. The van der Waals surface area contributed by atoms with E-state index in [9.17, 15) is 0 Å². The van der Waals surface area contributed by atoms with Crippen LogP contribution in [0, 0.1) is 0 Å². The lowest BCUT2D eigenvalue weighted by Crippen LogP contribution is -1.99. The first kappa shape index (κ1) is 14.0. The van der Waals surface area contributed by atoms with Crippen molar-refractivity contribution in [3.05, 3.63) is 76.6 Å². The second-order valence-corrected chi connectivity index (χ2v) is 5.85. The Morgan fingerprint density at radius 1 is 0.952 bits per heavy atom.